The second kappa shape index (κ2) is 5.91. The number of aliphatic hydroxyl groups is 1. The molecule has 1 saturated heterocycles. The van der Waals surface area contributed by atoms with E-state index in [1.54, 1.807) is 4.90 Å². The number of fused-ring (bicyclic) bond motifs is 1. The minimum absolute atomic E-state index is 0.0340. The average Bonchev–Trinajstić information content (AvgIpc) is 3.12. The molecule has 6 heteroatoms. The zero-order valence-corrected chi connectivity index (χ0v) is 12.0. The number of ether oxygens (including phenoxy) is 2. The van der Waals surface area contributed by atoms with Gasteiger partial charge >= 0.3 is 0 Å². The number of hydrogen-bond donors (Lipinski definition) is 2. The lowest BCUT2D eigenvalue weighted by molar-refractivity contribution is -0.133. The minimum atomic E-state index is -0.428. The number of aliphatic hydroxyl groups excluding tert-OH is 1. The molecule has 6 nitrogen and oxygen atoms in total. The van der Waals surface area contributed by atoms with Gasteiger partial charge in [-0.05, 0) is 31.0 Å². The Balaban J connectivity index is 1.68. The predicted molar refractivity (Wildman–Crippen MR) is 76.1 cm³/mol. The SMILES string of the molecule is CCN(Cc1ccc2c(c1)OCO2)C(=O)C1CC(O)CN1. The lowest BCUT2D eigenvalue weighted by Crippen LogP contribution is -2.43. The van der Waals surface area contributed by atoms with E-state index in [4.69, 9.17) is 9.47 Å². The van der Waals surface area contributed by atoms with Crippen LogP contribution < -0.4 is 14.8 Å². The van der Waals surface area contributed by atoms with Crippen molar-refractivity contribution in [3.8, 4) is 11.5 Å². The van der Waals surface area contributed by atoms with Crippen LogP contribution in [0.5, 0.6) is 11.5 Å². The molecule has 1 amide bonds. The van der Waals surface area contributed by atoms with Crippen LogP contribution in [0.25, 0.3) is 0 Å². The van der Waals surface area contributed by atoms with E-state index in [2.05, 4.69) is 5.32 Å². The third kappa shape index (κ3) is 2.96. The van der Waals surface area contributed by atoms with E-state index in [0.717, 1.165) is 17.1 Å². The number of β-amino-alcohol motifs (C(OH)–C–C–N with tert-alkyl or cyclic N) is 1. The number of nitrogens with zero attached hydrogens (tertiary/aromatic N) is 1. The molecule has 0 aliphatic carbocycles. The standard InChI is InChI=1S/C15H20N2O4/c1-2-17(15(19)12-6-11(18)7-16-12)8-10-3-4-13-14(5-10)21-9-20-13/h3-5,11-12,16,18H,2,6-9H2,1H3. The van der Waals surface area contributed by atoms with Gasteiger partial charge in [-0.25, -0.2) is 0 Å². The van der Waals surface area contributed by atoms with Crippen molar-refractivity contribution in [2.24, 2.45) is 0 Å². The van der Waals surface area contributed by atoms with Gasteiger partial charge in [0, 0.05) is 19.6 Å². The molecule has 0 aromatic heterocycles. The van der Waals surface area contributed by atoms with Crippen LogP contribution in [-0.4, -0.2) is 47.9 Å². The van der Waals surface area contributed by atoms with E-state index in [1.165, 1.54) is 0 Å². The van der Waals surface area contributed by atoms with E-state index >= 15 is 0 Å². The summed E-state index contributed by atoms with van der Waals surface area (Å²) in [6, 6.07) is 5.44. The summed E-state index contributed by atoms with van der Waals surface area (Å²) in [7, 11) is 0. The summed E-state index contributed by atoms with van der Waals surface area (Å²) >= 11 is 0. The highest BCUT2D eigenvalue weighted by molar-refractivity contribution is 5.82. The minimum Gasteiger partial charge on any atom is -0.454 e. The molecule has 2 aliphatic heterocycles. The third-order valence-corrected chi connectivity index (χ3v) is 3.91. The Labute approximate surface area is 123 Å². The zero-order valence-electron chi connectivity index (χ0n) is 12.0. The molecule has 21 heavy (non-hydrogen) atoms. The van der Waals surface area contributed by atoms with Crippen molar-refractivity contribution >= 4 is 5.91 Å². The molecular weight excluding hydrogens is 272 g/mol. The molecule has 114 valence electrons. The Morgan fingerprint density at radius 3 is 2.95 bits per heavy atom. The van der Waals surface area contributed by atoms with E-state index < -0.39 is 6.10 Å². The van der Waals surface area contributed by atoms with Crippen LogP contribution in [-0.2, 0) is 11.3 Å². The Morgan fingerprint density at radius 1 is 1.43 bits per heavy atom. The first-order valence-corrected chi connectivity index (χ1v) is 7.26. The molecule has 2 atom stereocenters. The molecular formula is C15H20N2O4. The molecule has 2 N–H and O–H groups in total. The molecule has 3 rings (SSSR count). The summed E-state index contributed by atoms with van der Waals surface area (Å²) in [5.41, 5.74) is 1.01. The first kappa shape index (κ1) is 14.2. The second-order valence-corrected chi connectivity index (χ2v) is 5.39. The van der Waals surface area contributed by atoms with Crippen LogP contribution in [0.4, 0.5) is 0 Å². The summed E-state index contributed by atoms with van der Waals surface area (Å²) in [6.45, 7) is 3.84. The van der Waals surface area contributed by atoms with Crippen molar-refractivity contribution < 1.29 is 19.4 Å². The van der Waals surface area contributed by atoms with Crippen LogP contribution in [0.15, 0.2) is 18.2 Å². The van der Waals surface area contributed by atoms with Crippen LogP contribution in [0, 0.1) is 0 Å². The fourth-order valence-electron chi connectivity index (χ4n) is 2.73. The largest absolute Gasteiger partial charge is 0.454 e. The van der Waals surface area contributed by atoms with Crippen LogP contribution in [0.2, 0.25) is 0 Å². The maximum absolute atomic E-state index is 12.5. The Bertz CT molecular complexity index is 534. The van der Waals surface area contributed by atoms with Gasteiger partial charge in [-0.2, -0.15) is 0 Å². The lowest BCUT2D eigenvalue weighted by Gasteiger charge is -2.24. The maximum Gasteiger partial charge on any atom is 0.240 e. The molecule has 1 fully saturated rings. The monoisotopic (exact) mass is 292 g/mol. The average molecular weight is 292 g/mol. The van der Waals surface area contributed by atoms with Crippen LogP contribution >= 0.6 is 0 Å². The molecule has 0 spiro atoms. The van der Waals surface area contributed by atoms with Crippen molar-refractivity contribution in [1.82, 2.24) is 10.2 Å². The number of carbonyl (C=O) groups excluding carboxylic acids is 1. The summed E-state index contributed by atoms with van der Waals surface area (Å²) in [4.78, 5) is 14.2. The summed E-state index contributed by atoms with van der Waals surface area (Å²) in [5.74, 6) is 1.51. The summed E-state index contributed by atoms with van der Waals surface area (Å²) in [5, 5.41) is 12.6. The van der Waals surface area contributed by atoms with Crippen molar-refractivity contribution in [1.29, 1.82) is 0 Å². The first-order valence-electron chi connectivity index (χ1n) is 7.26. The molecule has 0 bridgehead atoms. The van der Waals surface area contributed by atoms with E-state index in [0.29, 0.717) is 26.1 Å². The molecule has 2 heterocycles. The number of rotatable bonds is 4. The van der Waals surface area contributed by atoms with Crippen molar-refractivity contribution in [2.45, 2.75) is 32.0 Å². The van der Waals surface area contributed by atoms with Crippen molar-refractivity contribution in [3.63, 3.8) is 0 Å². The number of carbonyl (C=O) groups is 1. The van der Waals surface area contributed by atoms with Crippen molar-refractivity contribution in [2.75, 3.05) is 19.9 Å². The number of benzene rings is 1. The number of nitrogens with one attached hydrogen (secondary N) is 1. The van der Waals surface area contributed by atoms with Gasteiger partial charge in [0.2, 0.25) is 12.7 Å². The normalized spacial score (nSPS) is 23.3. The molecule has 0 radical (unpaired) electrons. The molecule has 2 unspecified atom stereocenters. The molecule has 0 saturated carbocycles. The fourth-order valence-corrected chi connectivity index (χ4v) is 2.73. The highest BCUT2D eigenvalue weighted by atomic mass is 16.7. The van der Waals surface area contributed by atoms with Gasteiger partial charge in [-0.15, -0.1) is 0 Å². The summed E-state index contributed by atoms with van der Waals surface area (Å²) < 4.78 is 10.6. The smallest absolute Gasteiger partial charge is 0.240 e. The summed E-state index contributed by atoms with van der Waals surface area (Å²) in [6.07, 6.45) is 0.0550. The quantitative estimate of drug-likeness (QED) is 0.845. The fraction of sp³-hybridized carbons (Fsp3) is 0.533. The highest BCUT2D eigenvalue weighted by Crippen LogP contribution is 2.32. The highest BCUT2D eigenvalue weighted by Gasteiger charge is 2.31. The van der Waals surface area contributed by atoms with Gasteiger partial charge < -0.3 is 24.8 Å². The number of amides is 1. The van der Waals surface area contributed by atoms with Gasteiger partial charge in [-0.3, -0.25) is 4.79 Å². The third-order valence-electron chi connectivity index (χ3n) is 3.91. The second-order valence-electron chi connectivity index (χ2n) is 5.39. The Morgan fingerprint density at radius 2 is 2.24 bits per heavy atom. The Kier molecular flexibility index (Phi) is 3.98. The molecule has 1 aromatic carbocycles. The first-order chi connectivity index (χ1) is 10.2. The number of likely N-dealkylation sites (N-methyl/N-ethyl adjacent to an activating group) is 1. The van der Waals surface area contributed by atoms with Gasteiger partial charge in [0.05, 0.1) is 12.1 Å². The lowest BCUT2D eigenvalue weighted by atomic mass is 10.1. The maximum atomic E-state index is 12.5. The van der Waals surface area contributed by atoms with Gasteiger partial charge in [0.1, 0.15) is 0 Å². The van der Waals surface area contributed by atoms with Gasteiger partial charge in [0.15, 0.2) is 11.5 Å². The number of hydrogen-bond acceptors (Lipinski definition) is 5. The van der Waals surface area contributed by atoms with Gasteiger partial charge in [0.25, 0.3) is 0 Å². The molecule has 2 aliphatic rings. The van der Waals surface area contributed by atoms with Crippen LogP contribution in [0.1, 0.15) is 18.9 Å². The topological polar surface area (TPSA) is 71.0 Å². The van der Waals surface area contributed by atoms with Crippen LogP contribution in [0.3, 0.4) is 0 Å². The van der Waals surface area contributed by atoms with Gasteiger partial charge in [-0.1, -0.05) is 6.07 Å². The predicted octanol–water partition coefficient (Wildman–Crippen LogP) is 0.487. The Hall–Kier alpha value is -1.79. The van der Waals surface area contributed by atoms with E-state index in [1.807, 2.05) is 25.1 Å². The van der Waals surface area contributed by atoms with E-state index in [-0.39, 0.29) is 18.7 Å². The van der Waals surface area contributed by atoms with Crippen molar-refractivity contribution in [3.05, 3.63) is 23.8 Å². The molecule has 1 aromatic rings. The zero-order chi connectivity index (χ0) is 14.8. The van der Waals surface area contributed by atoms with E-state index in [9.17, 15) is 9.90 Å².